The SMILES string of the molecule is C=C(C)C(=O)OCCNC(=O)Nc1ccccc1Nc1ccc(C(=O)c2cc(C(=O)N(O)CC)ccc2C)c(Cl)c1. The van der Waals surface area contributed by atoms with Gasteiger partial charge in [-0.1, -0.05) is 36.4 Å². The Morgan fingerprint density at radius 2 is 1.71 bits per heavy atom. The van der Waals surface area contributed by atoms with E-state index < -0.39 is 17.9 Å². The monoisotopic (exact) mass is 578 g/mol. The molecule has 0 aliphatic carbocycles. The van der Waals surface area contributed by atoms with E-state index >= 15 is 0 Å². The van der Waals surface area contributed by atoms with E-state index in [9.17, 15) is 24.4 Å². The molecule has 0 aliphatic rings. The first-order chi connectivity index (χ1) is 19.5. The van der Waals surface area contributed by atoms with Gasteiger partial charge in [0.2, 0.25) is 0 Å². The molecule has 0 aliphatic heterocycles. The maximum absolute atomic E-state index is 13.3. The van der Waals surface area contributed by atoms with Gasteiger partial charge in [0.05, 0.1) is 22.9 Å². The van der Waals surface area contributed by atoms with E-state index in [1.807, 2.05) is 0 Å². The molecule has 0 saturated heterocycles. The largest absolute Gasteiger partial charge is 0.460 e. The minimum Gasteiger partial charge on any atom is -0.460 e. The maximum Gasteiger partial charge on any atom is 0.333 e. The molecule has 10 nitrogen and oxygen atoms in total. The molecule has 214 valence electrons. The van der Waals surface area contributed by atoms with Gasteiger partial charge >= 0.3 is 12.0 Å². The lowest BCUT2D eigenvalue weighted by atomic mass is 9.96. The number of para-hydroxylation sites is 2. The van der Waals surface area contributed by atoms with Crippen molar-refractivity contribution in [2.45, 2.75) is 20.8 Å². The fraction of sp³-hybridized carbons (Fsp3) is 0.200. The van der Waals surface area contributed by atoms with Gasteiger partial charge in [-0.3, -0.25) is 14.8 Å². The summed E-state index contributed by atoms with van der Waals surface area (Å²) in [6.07, 6.45) is 0. The van der Waals surface area contributed by atoms with Crippen LogP contribution in [-0.2, 0) is 9.53 Å². The molecule has 0 unspecified atom stereocenters. The summed E-state index contributed by atoms with van der Waals surface area (Å²) < 4.78 is 4.95. The van der Waals surface area contributed by atoms with E-state index in [0.29, 0.717) is 27.7 Å². The van der Waals surface area contributed by atoms with E-state index in [-0.39, 0.29) is 52.8 Å². The number of benzene rings is 3. The summed E-state index contributed by atoms with van der Waals surface area (Å²) >= 11 is 6.51. The number of hydroxylamine groups is 2. The molecule has 0 saturated carbocycles. The van der Waals surface area contributed by atoms with Crippen LogP contribution < -0.4 is 16.0 Å². The van der Waals surface area contributed by atoms with Gasteiger partial charge in [0.1, 0.15) is 6.61 Å². The highest BCUT2D eigenvalue weighted by Gasteiger charge is 2.20. The van der Waals surface area contributed by atoms with Gasteiger partial charge in [0.25, 0.3) is 5.91 Å². The van der Waals surface area contributed by atoms with Crippen molar-refractivity contribution >= 4 is 52.4 Å². The molecule has 11 heteroatoms. The molecular formula is C30H31ClN4O6. The quantitative estimate of drug-likeness (QED) is 0.0570. The van der Waals surface area contributed by atoms with Crippen molar-refractivity contribution < 1.29 is 29.1 Å². The van der Waals surface area contributed by atoms with Crippen molar-refractivity contribution in [2.24, 2.45) is 0 Å². The number of hydrogen-bond acceptors (Lipinski definition) is 7. The third kappa shape index (κ3) is 8.17. The lowest BCUT2D eigenvalue weighted by Crippen LogP contribution is -2.32. The minimum atomic E-state index is -0.612. The van der Waals surface area contributed by atoms with Crippen LogP contribution in [0.25, 0.3) is 0 Å². The molecular weight excluding hydrogens is 548 g/mol. The Morgan fingerprint density at radius 1 is 1.00 bits per heavy atom. The molecule has 0 aromatic heterocycles. The Balaban J connectivity index is 1.71. The number of urea groups is 1. The predicted octanol–water partition coefficient (Wildman–Crippen LogP) is 5.72. The number of carbonyl (C=O) groups excluding carboxylic acids is 4. The number of rotatable bonds is 11. The van der Waals surface area contributed by atoms with Crippen molar-refractivity contribution in [3.05, 3.63) is 100 Å². The Hall–Kier alpha value is -4.67. The molecule has 4 N–H and O–H groups in total. The second-order valence-corrected chi connectivity index (χ2v) is 9.45. The highest BCUT2D eigenvalue weighted by molar-refractivity contribution is 6.35. The fourth-order valence-corrected chi connectivity index (χ4v) is 3.94. The number of carbonyl (C=O) groups is 4. The fourth-order valence-electron chi connectivity index (χ4n) is 3.67. The van der Waals surface area contributed by atoms with Gasteiger partial charge in [-0.15, -0.1) is 0 Å². The van der Waals surface area contributed by atoms with Crippen molar-refractivity contribution in [3.63, 3.8) is 0 Å². The molecule has 41 heavy (non-hydrogen) atoms. The van der Waals surface area contributed by atoms with Crippen LogP contribution in [0.15, 0.2) is 72.8 Å². The molecule has 3 amide bonds. The standard InChI is InChI=1S/C30H31ClN4O6/c1-5-35(40)28(37)20-11-10-19(4)23(16-20)27(36)22-13-12-21(17-24(22)31)33-25-8-6-7-9-26(25)34-30(39)32-14-15-41-29(38)18(2)3/h6-13,16-17,33,40H,2,5,14-15H2,1,3-4H3,(H2,32,34,39). The molecule has 3 aromatic rings. The molecule has 0 atom stereocenters. The second kappa shape index (κ2) is 14.1. The van der Waals surface area contributed by atoms with Gasteiger partial charge in [-0.05, 0) is 68.8 Å². The predicted molar refractivity (Wildman–Crippen MR) is 157 cm³/mol. The Morgan fingerprint density at radius 3 is 2.37 bits per heavy atom. The Kier molecular flexibility index (Phi) is 10.6. The van der Waals surface area contributed by atoms with Gasteiger partial charge in [-0.25, -0.2) is 14.7 Å². The molecule has 0 fully saturated rings. The number of hydrogen-bond donors (Lipinski definition) is 4. The molecule has 0 spiro atoms. The van der Waals surface area contributed by atoms with Crippen molar-refractivity contribution in [1.29, 1.82) is 0 Å². The number of esters is 1. The molecule has 0 radical (unpaired) electrons. The zero-order chi connectivity index (χ0) is 30.1. The minimum absolute atomic E-state index is 0.00131. The third-order valence-electron chi connectivity index (χ3n) is 5.90. The zero-order valence-electron chi connectivity index (χ0n) is 22.9. The van der Waals surface area contributed by atoms with Crippen LogP contribution in [0.5, 0.6) is 0 Å². The maximum atomic E-state index is 13.3. The molecule has 3 rings (SSSR count). The van der Waals surface area contributed by atoms with Crippen molar-refractivity contribution in [1.82, 2.24) is 10.4 Å². The number of amides is 3. The summed E-state index contributed by atoms with van der Waals surface area (Å²) in [5.74, 6) is -1.52. The number of halogens is 1. The number of nitrogens with one attached hydrogen (secondary N) is 3. The second-order valence-electron chi connectivity index (χ2n) is 9.04. The first kappa shape index (κ1) is 30.9. The summed E-state index contributed by atoms with van der Waals surface area (Å²) in [6.45, 7) is 8.62. The first-order valence-electron chi connectivity index (χ1n) is 12.7. The first-order valence-corrected chi connectivity index (χ1v) is 13.1. The van der Waals surface area contributed by atoms with Crippen LogP contribution in [0.1, 0.15) is 45.7 Å². The normalized spacial score (nSPS) is 10.4. The highest BCUT2D eigenvalue weighted by Crippen LogP contribution is 2.30. The third-order valence-corrected chi connectivity index (χ3v) is 6.21. The van der Waals surface area contributed by atoms with Gasteiger partial charge in [0, 0.05) is 34.5 Å². The van der Waals surface area contributed by atoms with Crippen LogP contribution in [0, 0.1) is 6.92 Å². The van der Waals surface area contributed by atoms with Crippen LogP contribution in [0.2, 0.25) is 5.02 Å². The summed E-state index contributed by atoms with van der Waals surface area (Å²) in [7, 11) is 0. The summed E-state index contributed by atoms with van der Waals surface area (Å²) in [4.78, 5) is 49.5. The van der Waals surface area contributed by atoms with Crippen LogP contribution in [0.3, 0.4) is 0 Å². The van der Waals surface area contributed by atoms with E-state index in [2.05, 4.69) is 22.5 Å². The topological polar surface area (TPSA) is 137 Å². The van der Waals surface area contributed by atoms with E-state index in [0.717, 1.165) is 0 Å². The van der Waals surface area contributed by atoms with Crippen molar-refractivity contribution in [3.8, 4) is 0 Å². The van der Waals surface area contributed by atoms with Gasteiger partial charge < -0.3 is 20.7 Å². The number of ether oxygens (including phenoxy) is 1. The van der Waals surface area contributed by atoms with E-state index in [1.165, 1.54) is 13.0 Å². The molecule has 0 bridgehead atoms. The van der Waals surface area contributed by atoms with Gasteiger partial charge in [0.15, 0.2) is 5.78 Å². The lowest BCUT2D eigenvalue weighted by Gasteiger charge is -2.15. The Bertz CT molecular complexity index is 1490. The number of anilines is 3. The molecule has 3 aromatic carbocycles. The number of aryl methyl sites for hydroxylation is 1. The molecule has 0 heterocycles. The average molecular weight is 579 g/mol. The van der Waals surface area contributed by atoms with E-state index in [4.69, 9.17) is 16.3 Å². The van der Waals surface area contributed by atoms with E-state index in [1.54, 1.807) is 68.4 Å². The number of nitrogens with zero attached hydrogens (tertiary/aromatic N) is 1. The summed E-state index contributed by atoms with van der Waals surface area (Å²) in [6, 6.07) is 15.9. The van der Waals surface area contributed by atoms with Crippen LogP contribution in [0.4, 0.5) is 21.9 Å². The zero-order valence-corrected chi connectivity index (χ0v) is 23.7. The average Bonchev–Trinajstić information content (AvgIpc) is 2.95. The van der Waals surface area contributed by atoms with Crippen LogP contribution >= 0.6 is 11.6 Å². The summed E-state index contributed by atoms with van der Waals surface area (Å²) in [5.41, 5.74) is 3.23. The van der Waals surface area contributed by atoms with Gasteiger partial charge in [-0.2, -0.15) is 0 Å². The van der Waals surface area contributed by atoms with Crippen LogP contribution in [-0.4, -0.2) is 53.7 Å². The number of ketones is 1. The van der Waals surface area contributed by atoms with Crippen molar-refractivity contribution in [2.75, 3.05) is 30.3 Å². The highest BCUT2D eigenvalue weighted by atomic mass is 35.5. The smallest absolute Gasteiger partial charge is 0.333 e. The Labute approximate surface area is 242 Å². The summed E-state index contributed by atoms with van der Waals surface area (Å²) in [5, 5.41) is 19.0. The lowest BCUT2D eigenvalue weighted by molar-refractivity contribution is -0.138.